The number of anilines is 1. The first-order valence-electron chi connectivity index (χ1n) is 6.07. The lowest BCUT2D eigenvalue weighted by atomic mass is 10.2. The molecule has 0 aromatic carbocycles. The van der Waals surface area contributed by atoms with Crippen LogP contribution in [0.4, 0.5) is 10.3 Å². The van der Waals surface area contributed by atoms with Crippen molar-refractivity contribution < 1.29 is 9.13 Å². The molecule has 0 spiro atoms. The third-order valence-corrected chi connectivity index (χ3v) is 3.36. The zero-order valence-electron chi connectivity index (χ0n) is 10.1. The number of nitrogens with one attached hydrogen (secondary N) is 1. The Hall–Kier alpha value is -1.69. The molecule has 1 aliphatic carbocycles. The van der Waals surface area contributed by atoms with E-state index in [2.05, 4.69) is 15.4 Å². The van der Waals surface area contributed by atoms with Crippen LogP contribution in [0.5, 0.6) is 0 Å². The molecule has 0 radical (unpaired) electrons. The number of pyridine rings is 1. The summed E-state index contributed by atoms with van der Waals surface area (Å²) in [6.07, 6.45) is 4.75. The number of hydrogen-bond donors (Lipinski definition) is 1. The van der Waals surface area contributed by atoms with Gasteiger partial charge in [0.15, 0.2) is 5.65 Å². The molecule has 3 rings (SSSR count). The highest BCUT2D eigenvalue weighted by Crippen LogP contribution is 2.24. The standard InChI is InChI=1S/C12H15FN4O/c1-18-10-4-2-3-9(10)14-12-15-11-6-5-8(13)7-17(11)16-12/h5-7,9-10H,2-4H2,1H3,(H,14,16). The van der Waals surface area contributed by atoms with E-state index in [1.165, 1.54) is 16.8 Å². The molecule has 5 nitrogen and oxygen atoms in total. The fourth-order valence-corrected chi connectivity index (χ4v) is 2.46. The molecular weight excluding hydrogens is 235 g/mol. The molecule has 0 saturated heterocycles. The summed E-state index contributed by atoms with van der Waals surface area (Å²) in [7, 11) is 1.72. The predicted octanol–water partition coefficient (Wildman–Crippen LogP) is 1.85. The minimum Gasteiger partial charge on any atom is -0.379 e. The zero-order chi connectivity index (χ0) is 12.5. The monoisotopic (exact) mass is 250 g/mol. The molecule has 2 heterocycles. The van der Waals surface area contributed by atoms with Crippen molar-refractivity contribution in [1.82, 2.24) is 14.6 Å². The van der Waals surface area contributed by atoms with Gasteiger partial charge >= 0.3 is 0 Å². The first kappa shape index (κ1) is 11.4. The molecule has 96 valence electrons. The van der Waals surface area contributed by atoms with Crippen molar-refractivity contribution in [3.05, 3.63) is 24.1 Å². The normalized spacial score (nSPS) is 23.7. The number of rotatable bonds is 3. The highest BCUT2D eigenvalue weighted by Gasteiger charge is 2.27. The number of aromatic nitrogens is 3. The van der Waals surface area contributed by atoms with Crippen LogP contribution in [0.1, 0.15) is 19.3 Å². The van der Waals surface area contributed by atoms with Gasteiger partial charge in [0.2, 0.25) is 5.95 Å². The van der Waals surface area contributed by atoms with Crippen LogP contribution in [0, 0.1) is 5.82 Å². The molecule has 1 saturated carbocycles. The number of fused-ring (bicyclic) bond motifs is 1. The van der Waals surface area contributed by atoms with Gasteiger partial charge in [-0.05, 0) is 31.4 Å². The van der Waals surface area contributed by atoms with Crippen molar-refractivity contribution in [2.24, 2.45) is 0 Å². The lowest BCUT2D eigenvalue weighted by Crippen LogP contribution is -2.30. The van der Waals surface area contributed by atoms with Gasteiger partial charge in [-0.25, -0.2) is 8.91 Å². The van der Waals surface area contributed by atoms with E-state index in [1.54, 1.807) is 13.2 Å². The van der Waals surface area contributed by atoms with E-state index >= 15 is 0 Å². The van der Waals surface area contributed by atoms with Gasteiger partial charge in [0, 0.05) is 7.11 Å². The molecular formula is C12H15FN4O. The summed E-state index contributed by atoms with van der Waals surface area (Å²) in [6.45, 7) is 0. The summed E-state index contributed by atoms with van der Waals surface area (Å²) in [5.74, 6) is 0.198. The molecule has 1 aliphatic rings. The Balaban J connectivity index is 1.82. The van der Waals surface area contributed by atoms with Crippen LogP contribution in [0.3, 0.4) is 0 Å². The van der Waals surface area contributed by atoms with E-state index in [0.29, 0.717) is 11.6 Å². The minimum absolute atomic E-state index is 0.202. The van der Waals surface area contributed by atoms with E-state index in [-0.39, 0.29) is 18.0 Å². The Morgan fingerprint density at radius 2 is 2.33 bits per heavy atom. The largest absolute Gasteiger partial charge is 0.379 e. The van der Waals surface area contributed by atoms with Gasteiger partial charge in [-0.3, -0.25) is 0 Å². The Kier molecular flexibility index (Phi) is 2.87. The maximum atomic E-state index is 13.0. The molecule has 2 atom stereocenters. The fourth-order valence-electron chi connectivity index (χ4n) is 2.46. The molecule has 2 aromatic rings. The van der Waals surface area contributed by atoms with E-state index in [4.69, 9.17) is 4.74 Å². The van der Waals surface area contributed by atoms with E-state index in [0.717, 1.165) is 19.3 Å². The number of nitrogens with zero attached hydrogens (tertiary/aromatic N) is 3. The maximum absolute atomic E-state index is 13.0. The van der Waals surface area contributed by atoms with Crippen molar-refractivity contribution in [2.75, 3.05) is 12.4 Å². The Labute approximate surface area is 104 Å². The summed E-state index contributed by atoms with van der Waals surface area (Å²) >= 11 is 0. The summed E-state index contributed by atoms with van der Waals surface area (Å²) in [6, 6.07) is 3.22. The van der Waals surface area contributed by atoms with Gasteiger partial charge in [0.05, 0.1) is 18.3 Å². The second-order valence-electron chi connectivity index (χ2n) is 4.54. The highest BCUT2D eigenvalue weighted by atomic mass is 19.1. The Morgan fingerprint density at radius 1 is 1.44 bits per heavy atom. The van der Waals surface area contributed by atoms with Crippen molar-refractivity contribution in [3.8, 4) is 0 Å². The van der Waals surface area contributed by atoms with Crippen LogP contribution in [0.25, 0.3) is 5.65 Å². The van der Waals surface area contributed by atoms with E-state index in [9.17, 15) is 4.39 Å². The van der Waals surface area contributed by atoms with Crippen molar-refractivity contribution in [1.29, 1.82) is 0 Å². The first-order valence-corrected chi connectivity index (χ1v) is 6.07. The lowest BCUT2D eigenvalue weighted by Gasteiger charge is -2.18. The van der Waals surface area contributed by atoms with Gasteiger partial charge in [-0.2, -0.15) is 4.98 Å². The predicted molar refractivity (Wildman–Crippen MR) is 65.0 cm³/mol. The van der Waals surface area contributed by atoms with Crippen LogP contribution in [0.2, 0.25) is 0 Å². The second kappa shape index (κ2) is 4.53. The summed E-state index contributed by atoms with van der Waals surface area (Å²) in [4.78, 5) is 4.30. The third kappa shape index (κ3) is 2.03. The molecule has 6 heteroatoms. The van der Waals surface area contributed by atoms with Crippen LogP contribution < -0.4 is 5.32 Å². The van der Waals surface area contributed by atoms with Gasteiger partial charge in [0.1, 0.15) is 5.82 Å². The fraction of sp³-hybridized carbons (Fsp3) is 0.500. The molecule has 0 aliphatic heterocycles. The summed E-state index contributed by atoms with van der Waals surface area (Å²) < 4.78 is 19.9. The van der Waals surface area contributed by atoms with Gasteiger partial charge in [-0.1, -0.05) is 0 Å². The van der Waals surface area contributed by atoms with E-state index in [1.807, 2.05) is 0 Å². The van der Waals surface area contributed by atoms with Crippen LogP contribution in [0.15, 0.2) is 18.3 Å². The van der Waals surface area contributed by atoms with Crippen LogP contribution in [-0.2, 0) is 4.74 Å². The second-order valence-corrected chi connectivity index (χ2v) is 4.54. The van der Waals surface area contributed by atoms with Gasteiger partial charge in [0.25, 0.3) is 0 Å². The molecule has 0 amide bonds. The highest BCUT2D eigenvalue weighted by molar-refractivity contribution is 5.43. The Morgan fingerprint density at radius 3 is 3.17 bits per heavy atom. The SMILES string of the molecule is COC1CCCC1Nc1nc2ccc(F)cn2n1. The summed E-state index contributed by atoms with van der Waals surface area (Å²) in [5.41, 5.74) is 0.630. The number of halogens is 1. The summed E-state index contributed by atoms with van der Waals surface area (Å²) in [5, 5.41) is 7.46. The van der Waals surface area contributed by atoms with Crippen LogP contribution >= 0.6 is 0 Å². The third-order valence-electron chi connectivity index (χ3n) is 3.36. The number of hydrogen-bond acceptors (Lipinski definition) is 4. The Bertz CT molecular complexity index is 556. The van der Waals surface area contributed by atoms with E-state index < -0.39 is 0 Å². The molecule has 1 N–H and O–H groups in total. The molecule has 2 unspecified atom stereocenters. The van der Waals surface area contributed by atoms with Gasteiger partial charge in [-0.15, -0.1) is 5.10 Å². The molecule has 18 heavy (non-hydrogen) atoms. The maximum Gasteiger partial charge on any atom is 0.243 e. The number of methoxy groups -OCH3 is 1. The van der Waals surface area contributed by atoms with Crippen molar-refractivity contribution in [2.45, 2.75) is 31.4 Å². The topological polar surface area (TPSA) is 51.5 Å². The zero-order valence-corrected chi connectivity index (χ0v) is 10.1. The smallest absolute Gasteiger partial charge is 0.243 e. The van der Waals surface area contributed by atoms with Gasteiger partial charge < -0.3 is 10.1 Å². The quantitative estimate of drug-likeness (QED) is 0.903. The molecule has 2 aromatic heterocycles. The lowest BCUT2D eigenvalue weighted by molar-refractivity contribution is 0.101. The molecule has 1 fully saturated rings. The van der Waals surface area contributed by atoms with Crippen molar-refractivity contribution in [3.63, 3.8) is 0 Å². The average Bonchev–Trinajstić information content (AvgIpc) is 2.94. The van der Waals surface area contributed by atoms with Crippen molar-refractivity contribution >= 4 is 11.6 Å². The first-order chi connectivity index (χ1) is 8.76. The molecule has 0 bridgehead atoms. The van der Waals surface area contributed by atoms with Crippen LogP contribution in [-0.4, -0.2) is 33.9 Å². The number of ether oxygens (including phenoxy) is 1. The average molecular weight is 250 g/mol. The minimum atomic E-state index is -0.324.